The quantitative estimate of drug-likeness (QED) is 0.477. The predicted molar refractivity (Wildman–Crippen MR) is 97.1 cm³/mol. The Bertz CT molecular complexity index is 865. The smallest absolute Gasteiger partial charge is 0.305 e. The van der Waals surface area contributed by atoms with Gasteiger partial charge >= 0.3 is 5.91 Å². The number of carbonyl (C=O) groups is 1. The van der Waals surface area contributed by atoms with E-state index in [4.69, 9.17) is 14.9 Å². The van der Waals surface area contributed by atoms with E-state index in [2.05, 4.69) is 26.1 Å². The van der Waals surface area contributed by atoms with Crippen molar-refractivity contribution >= 4 is 28.9 Å². The molecule has 0 bridgehead atoms. The molecule has 2 heterocycles. The average Bonchev–Trinajstić information content (AvgIpc) is 3.19. The normalized spacial score (nSPS) is 10.2. The highest BCUT2D eigenvalue weighted by atomic mass is 16.5. The van der Waals surface area contributed by atoms with Gasteiger partial charge in [-0.2, -0.15) is 0 Å². The van der Waals surface area contributed by atoms with Crippen molar-refractivity contribution in [2.24, 2.45) is 0 Å². The Morgan fingerprint density at radius 2 is 1.96 bits per heavy atom. The second kappa shape index (κ2) is 7.88. The van der Waals surface area contributed by atoms with Crippen LogP contribution in [-0.2, 0) is 0 Å². The van der Waals surface area contributed by atoms with E-state index >= 15 is 0 Å². The van der Waals surface area contributed by atoms with Gasteiger partial charge in [0, 0.05) is 5.69 Å². The first-order valence-electron chi connectivity index (χ1n) is 7.87. The molecule has 3 aromatic rings. The predicted octanol–water partition coefficient (Wildman–Crippen LogP) is 2.55. The van der Waals surface area contributed by atoms with Gasteiger partial charge in [-0.1, -0.05) is 0 Å². The van der Waals surface area contributed by atoms with Gasteiger partial charge in [-0.15, -0.1) is 0 Å². The number of anilines is 4. The van der Waals surface area contributed by atoms with Crippen LogP contribution in [0, 0.1) is 0 Å². The number of ether oxygens (including phenoxy) is 1. The second-order valence-corrected chi connectivity index (χ2v) is 5.12. The zero-order valence-electron chi connectivity index (χ0n) is 14.0. The molecule has 0 unspecified atom stereocenters. The maximum absolute atomic E-state index is 11.9. The molecular weight excluding hydrogens is 336 g/mol. The van der Waals surface area contributed by atoms with Gasteiger partial charge in [0.2, 0.25) is 0 Å². The third-order valence-corrected chi connectivity index (χ3v) is 3.35. The number of benzene rings is 1. The van der Waals surface area contributed by atoms with Crippen molar-refractivity contribution in [1.29, 1.82) is 0 Å². The van der Waals surface area contributed by atoms with Crippen molar-refractivity contribution in [3.05, 3.63) is 54.7 Å². The number of hydrogen-bond donors (Lipinski definition) is 4. The Hall–Kier alpha value is -3.75. The number of nitrogens with two attached hydrogens (primary N) is 1. The molecule has 1 aromatic carbocycles. The molecular formula is C17H18N6O3. The van der Waals surface area contributed by atoms with Crippen LogP contribution in [0.1, 0.15) is 17.5 Å². The van der Waals surface area contributed by atoms with E-state index in [0.717, 1.165) is 11.4 Å². The summed E-state index contributed by atoms with van der Waals surface area (Å²) in [6.45, 7) is 2.53. The number of nitrogens with one attached hydrogen (secondary N) is 3. The zero-order valence-corrected chi connectivity index (χ0v) is 14.0. The molecule has 0 aliphatic carbocycles. The Labute approximate surface area is 149 Å². The zero-order chi connectivity index (χ0) is 18.4. The number of carbonyl (C=O) groups excluding carboxylic acids is 1. The number of nitrogen functional groups attached to an aromatic ring is 1. The first-order valence-corrected chi connectivity index (χ1v) is 7.87. The Kier molecular flexibility index (Phi) is 5.18. The lowest BCUT2D eigenvalue weighted by molar-refractivity contribution is 0.0935. The van der Waals surface area contributed by atoms with Crippen LogP contribution in [-0.4, -0.2) is 22.5 Å². The maximum Gasteiger partial charge on any atom is 0.305 e. The van der Waals surface area contributed by atoms with E-state index in [9.17, 15) is 4.79 Å². The van der Waals surface area contributed by atoms with Gasteiger partial charge in [-0.3, -0.25) is 15.6 Å². The van der Waals surface area contributed by atoms with Crippen molar-refractivity contribution in [1.82, 2.24) is 15.4 Å². The van der Waals surface area contributed by atoms with Crippen molar-refractivity contribution < 1.29 is 13.9 Å². The van der Waals surface area contributed by atoms with Crippen molar-refractivity contribution in [2.75, 3.05) is 23.1 Å². The molecule has 5 N–H and O–H groups in total. The fourth-order valence-corrected chi connectivity index (χ4v) is 2.12. The molecule has 0 fully saturated rings. The summed E-state index contributed by atoms with van der Waals surface area (Å²) in [6.07, 6.45) is 2.74. The van der Waals surface area contributed by atoms with Gasteiger partial charge < -0.3 is 20.2 Å². The van der Waals surface area contributed by atoms with Crippen LogP contribution in [0.3, 0.4) is 0 Å². The largest absolute Gasteiger partial charge is 0.494 e. The van der Waals surface area contributed by atoms with E-state index in [-0.39, 0.29) is 17.3 Å². The number of hydrogen-bond acceptors (Lipinski definition) is 8. The molecule has 0 spiro atoms. The number of aromatic nitrogens is 2. The molecule has 9 heteroatoms. The molecule has 134 valence electrons. The van der Waals surface area contributed by atoms with Crippen LogP contribution < -0.4 is 26.6 Å². The maximum atomic E-state index is 11.9. The summed E-state index contributed by atoms with van der Waals surface area (Å²) in [5.74, 6) is 1.15. The van der Waals surface area contributed by atoms with Gasteiger partial charge in [0.15, 0.2) is 17.4 Å². The van der Waals surface area contributed by atoms with Crippen LogP contribution in [0.2, 0.25) is 0 Å². The van der Waals surface area contributed by atoms with Crippen LogP contribution in [0.4, 0.5) is 23.0 Å². The minimum Gasteiger partial charge on any atom is -0.494 e. The lowest BCUT2D eigenvalue weighted by atomic mass is 10.3. The molecule has 0 saturated heterocycles. The van der Waals surface area contributed by atoms with E-state index < -0.39 is 5.91 Å². The summed E-state index contributed by atoms with van der Waals surface area (Å²) >= 11 is 0. The molecule has 0 aliphatic rings. The summed E-state index contributed by atoms with van der Waals surface area (Å²) in [7, 11) is 0. The number of amides is 1. The summed E-state index contributed by atoms with van der Waals surface area (Å²) in [5, 5.41) is 3.09. The van der Waals surface area contributed by atoms with Crippen molar-refractivity contribution in [3.8, 4) is 5.75 Å². The van der Waals surface area contributed by atoms with E-state index in [1.807, 2.05) is 31.2 Å². The average molecular weight is 354 g/mol. The van der Waals surface area contributed by atoms with Crippen LogP contribution in [0.25, 0.3) is 0 Å². The highest BCUT2D eigenvalue weighted by molar-refractivity contribution is 5.92. The van der Waals surface area contributed by atoms with Gasteiger partial charge in [0.05, 0.1) is 12.9 Å². The molecule has 0 radical (unpaired) electrons. The molecule has 26 heavy (non-hydrogen) atoms. The number of hydrazine groups is 1. The fraction of sp³-hybridized carbons (Fsp3) is 0.118. The Morgan fingerprint density at radius 3 is 2.65 bits per heavy atom. The topological polar surface area (TPSA) is 127 Å². The Balaban J connectivity index is 1.67. The van der Waals surface area contributed by atoms with Crippen molar-refractivity contribution in [2.45, 2.75) is 6.92 Å². The van der Waals surface area contributed by atoms with Gasteiger partial charge in [0.1, 0.15) is 17.8 Å². The highest BCUT2D eigenvalue weighted by Gasteiger charge is 2.11. The minimum atomic E-state index is -0.450. The number of nitrogens with zero attached hydrogens (tertiary/aromatic N) is 2. The third kappa shape index (κ3) is 4.01. The standard InChI is InChI=1S/C17H18N6O3/c1-2-25-12-7-5-11(6-8-12)21-15-14(18)16(20-10-19-15)22-23-17(24)13-4-3-9-26-13/h3-10H,2,18H2,1H3,(H,23,24)(H2,19,20,21,22). The summed E-state index contributed by atoms with van der Waals surface area (Å²) < 4.78 is 10.4. The summed E-state index contributed by atoms with van der Waals surface area (Å²) in [5.41, 5.74) is 12.2. The Morgan fingerprint density at radius 1 is 1.19 bits per heavy atom. The lowest BCUT2D eigenvalue weighted by Gasteiger charge is -2.13. The number of rotatable bonds is 7. The minimum absolute atomic E-state index is 0.165. The van der Waals surface area contributed by atoms with Crippen molar-refractivity contribution in [3.63, 3.8) is 0 Å². The van der Waals surface area contributed by atoms with Crippen LogP contribution in [0.5, 0.6) is 5.75 Å². The molecule has 0 aliphatic heterocycles. The van der Waals surface area contributed by atoms with Gasteiger partial charge in [-0.05, 0) is 43.3 Å². The summed E-state index contributed by atoms with van der Waals surface area (Å²) in [6, 6.07) is 10.5. The van der Waals surface area contributed by atoms with Gasteiger partial charge in [0.25, 0.3) is 0 Å². The second-order valence-electron chi connectivity index (χ2n) is 5.12. The fourth-order valence-electron chi connectivity index (χ4n) is 2.12. The SMILES string of the molecule is CCOc1ccc(Nc2ncnc(NNC(=O)c3ccco3)c2N)cc1. The first-order chi connectivity index (χ1) is 12.7. The molecule has 1 amide bonds. The van der Waals surface area contributed by atoms with E-state index in [0.29, 0.717) is 12.4 Å². The number of furan rings is 1. The van der Waals surface area contributed by atoms with Gasteiger partial charge in [-0.25, -0.2) is 9.97 Å². The van der Waals surface area contributed by atoms with E-state index in [1.54, 1.807) is 12.1 Å². The molecule has 2 aromatic heterocycles. The molecule has 0 saturated carbocycles. The molecule has 0 atom stereocenters. The molecule has 3 rings (SSSR count). The first kappa shape index (κ1) is 17.1. The summed E-state index contributed by atoms with van der Waals surface area (Å²) in [4.78, 5) is 20.0. The van der Waals surface area contributed by atoms with Crippen LogP contribution in [0.15, 0.2) is 53.4 Å². The highest BCUT2D eigenvalue weighted by Crippen LogP contribution is 2.26. The monoisotopic (exact) mass is 354 g/mol. The van der Waals surface area contributed by atoms with E-state index in [1.165, 1.54) is 12.6 Å². The van der Waals surface area contributed by atoms with Crippen LogP contribution >= 0.6 is 0 Å². The lowest BCUT2D eigenvalue weighted by Crippen LogP contribution is -2.30. The third-order valence-electron chi connectivity index (χ3n) is 3.35. The molecule has 9 nitrogen and oxygen atoms in total.